The van der Waals surface area contributed by atoms with Gasteiger partial charge in [-0.3, -0.25) is 4.79 Å². The van der Waals surface area contributed by atoms with Gasteiger partial charge in [0.15, 0.2) is 11.5 Å². The molecule has 2 aliphatic carbocycles. The van der Waals surface area contributed by atoms with Crippen LogP contribution in [0.15, 0.2) is 16.8 Å². The van der Waals surface area contributed by atoms with Crippen molar-refractivity contribution in [3.8, 4) is 0 Å². The van der Waals surface area contributed by atoms with Gasteiger partial charge in [0, 0.05) is 57.9 Å². The van der Waals surface area contributed by atoms with Crippen molar-refractivity contribution < 1.29 is 14.1 Å². The molecule has 5 rings (SSSR count). The van der Waals surface area contributed by atoms with E-state index in [0.29, 0.717) is 47.9 Å². The van der Waals surface area contributed by atoms with Gasteiger partial charge in [0.1, 0.15) is 0 Å². The van der Waals surface area contributed by atoms with Crippen molar-refractivity contribution in [2.24, 2.45) is 5.92 Å². The molecule has 35 heavy (non-hydrogen) atoms. The number of carbonyl (C=O) groups excluding carboxylic acids is 1. The molecule has 0 spiro atoms. The van der Waals surface area contributed by atoms with Crippen molar-refractivity contribution in [1.82, 2.24) is 25.3 Å². The van der Waals surface area contributed by atoms with Gasteiger partial charge >= 0.3 is 0 Å². The maximum atomic E-state index is 14.1. The van der Waals surface area contributed by atoms with E-state index in [9.17, 15) is 4.79 Å². The number of nitrogens with zero attached hydrogens (tertiary/aromatic N) is 4. The van der Waals surface area contributed by atoms with Crippen LogP contribution in [0.1, 0.15) is 85.6 Å². The normalized spacial score (nSPS) is 26.4. The summed E-state index contributed by atoms with van der Waals surface area (Å²) in [4.78, 5) is 25.3. The number of pyridine rings is 1. The molecule has 3 heterocycles. The molecule has 0 bridgehead atoms. The Hall–Kier alpha value is -2.52. The van der Waals surface area contributed by atoms with Crippen molar-refractivity contribution in [3.05, 3.63) is 35.2 Å². The smallest absolute Gasteiger partial charge is 0.274 e. The van der Waals surface area contributed by atoms with Crippen LogP contribution in [0.3, 0.4) is 0 Å². The molecule has 1 saturated heterocycles. The number of amides is 1. The summed E-state index contributed by atoms with van der Waals surface area (Å²) >= 11 is 0. The molecule has 1 amide bonds. The first-order valence-corrected chi connectivity index (χ1v) is 13.0. The Morgan fingerprint density at radius 3 is 2.71 bits per heavy atom. The van der Waals surface area contributed by atoms with E-state index in [4.69, 9.17) is 14.2 Å². The molecule has 2 N–H and O–H groups in total. The number of hydrogen-bond donors (Lipinski definition) is 2. The van der Waals surface area contributed by atoms with Gasteiger partial charge in [0.25, 0.3) is 5.91 Å². The van der Waals surface area contributed by atoms with Crippen molar-refractivity contribution in [3.63, 3.8) is 0 Å². The summed E-state index contributed by atoms with van der Waals surface area (Å²) in [5, 5.41) is 11.3. The molecule has 9 nitrogen and oxygen atoms in total. The highest BCUT2D eigenvalue weighted by Crippen LogP contribution is 2.41. The molecule has 9 heteroatoms. The second kappa shape index (κ2) is 10.2. The van der Waals surface area contributed by atoms with Gasteiger partial charge in [-0.2, -0.15) is 4.98 Å². The van der Waals surface area contributed by atoms with Crippen molar-refractivity contribution >= 4 is 11.6 Å². The summed E-state index contributed by atoms with van der Waals surface area (Å²) in [6.07, 6.45) is 7.31. The Morgan fingerprint density at radius 2 is 2.06 bits per heavy atom. The van der Waals surface area contributed by atoms with Gasteiger partial charge in [-0.1, -0.05) is 19.0 Å². The Bertz CT molecular complexity index is 1030. The second-order valence-corrected chi connectivity index (χ2v) is 10.9. The van der Waals surface area contributed by atoms with Crippen LogP contribution in [0.25, 0.3) is 0 Å². The van der Waals surface area contributed by atoms with Gasteiger partial charge < -0.3 is 24.8 Å². The van der Waals surface area contributed by atoms with E-state index >= 15 is 0 Å². The monoisotopic (exact) mass is 482 g/mol. The van der Waals surface area contributed by atoms with Crippen LogP contribution >= 0.6 is 0 Å². The van der Waals surface area contributed by atoms with E-state index < -0.39 is 0 Å². The number of hydrogen-bond acceptors (Lipinski definition) is 8. The fraction of sp³-hybridized carbons (Fsp3) is 0.692. The lowest BCUT2D eigenvalue weighted by atomic mass is 9.89. The summed E-state index contributed by atoms with van der Waals surface area (Å²) < 4.78 is 10.7. The van der Waals surface area contributed by atoms with Gasteiger partial charge in [0.05, 0.1) is 11.8 Å². The Kier molecular flexibility index (Phi) is 7.07. The van der Waals surface area contributed by atoms with E-state index in [2.05, 4.69) is 40.7 Å². The van der Waals surface area contributed by atoms with Crippen LogP contribution in [-0.4, -0.2) is 70.9 Å². The molecule has 0 unspecified atom stereocenters. The Labute approximate surface area is 207 Å². The average Bonchev–Trinajstić information content (AvgIpc) is 3.59. The standard InChI is InChI=1S/C26H38N6O3/c1-15(2)14-32(21-7-19(11-27-13-21)25-29-16(3)35-31-25)26(33)24-23(30-20-9-22(10-20)34-4)8-18(12-28-24)17-5-6-17/h8,12,15,17,19-22,27,30H,5-7,9-11,13-14H2,1-4H3/t19-,20?,21+,22?/m1/s1. The first kappa shape index (κ1) is 24.2. The molecule has 2 saturated carbocycles. The van der Waals surface area contributed by atoms with Crippen molar-refractivity contribution in [2.45, 2.75) is 82.9 Å². The summed E-state index contributed by atoms with van der Waals surface area (Å²) in [5.74, 6) is 2.29. The minimum atomic E-state index is -0.0112. The Balaban J connectivity index is 1.39. The molecular formula is C26H38N6O3. The number of aromatic nitrogens is 3. The topological polar surface area (TPSA) is 105 Å². The third-order valence-electron chi connectivity index (χ3n) is 7.45. The van der Waals surface area contributed by atoms with Gasteiger partial charge in [-0.15, -0.1) is 0 Å². The van der Waals surface area contributed by atoms with E-state index in [1.165, 1.54) is 18.4 Å². The summed E-state index contributed by atoms with van der Waals surface area (Å²) in [6, 6.07) is 2.50. The molecule has 190 valence electrons. The van der Waals surface area contributed by atoms with E-state index in [1.807, 2.05) is 11.1 Å². The number of carbonyl (C=O) groups is 1. The molecule has 2 atom stereocenters. The molecule has 2 aromatic heterocycles. The van der Waals surface area contributed by atoms with Crippen LogP contribution in [0.4, 0.5) is 5.69 Å². The van der Waals surface area contributed by atoms with Crippen molar-refractivity contribution in [1.29, 1.82) is 0 Å². The fourth-order valence-electron chi connectivity index (χ4n) is 5.26. The number of methoxy groups -OCH3 is 1. The lowest BCUT2D eigenvalue weighted by Gasteiger charge is -2.39. The minimum Gasteiger partial charge on any atom is -0.381 e. The first-order valence-electron chi connectivity index (χ1n) is 13.0. The quantitative estimate of drug-likeness (QED) is 0.560. The molecular weight excluding hydrogens is 444 g/mol. The molecule has 1 aliphatic heterocycles. The third-order valence-corrected chi connectivity index (χ3v) is 7.45. The highest BCUT2D eigenvalue weighted by atomic mass is 16.5. The average molecular weight is 483 g/mol. The van der Waals surface area contributed by atoms with Crippen LogP contribution in [0.5, 0.6) is 0 Å². The highest BCUT2D eigenvalue weighted by Gasteiger charge is 2.36. The van der Waals surface area contributed by atoms with E-state index in [-0.39, 0.29) is 17.9 Å². The third kappa shape index (κ3) is 5.51. The minimum absolute atomic E-state index is 0.0112. The zero-order valence-corrected chi connectivity index (χ0v) is 21.3. The number of nitrogens with one attached hydrogen (secondary N) is 2. The molecule has 0 radical (unpaired) electrons. The number of piperidine rings is 1. The summed E-state index contributed by atoms with van der Waals surface area (Å²) in [5.41, 5.74) is 2.62. The lowest BCUT2D eigenvalue weighted by molar-refractivity contribution is 0.0328. The van der Waals surface area contributed by atoms with Crippen LogP contribution < -0.4 is 10.6 Å². The molecule has 2 aromatic rings. The van der Waals surface area contributed by atoms with Crippen LogP contribution in [-0.2, 0) is 4.74 Å². The van der Waals surface area contributed by atoms with Gasteiger partial charge in [-0.25, -0.2) is 4.98 Å². The predicted molar refractivity (Wildman–Crippen MR) is 133 cm³/mol. The number of rotatable bonds is 9. The predicted octanol–water partition coefficient (Wildman–Crippen LogP) is 3.48. The van der Waals surface area contributed by atoms with Crippen LogP contribution in [0, 0.1) is 12.8 Å². The summed E-state index contributed by atoms with van der Waals surface area (Å²) in [7, 11) is 1.76. The van der Waals surface area contributed by atoms with Gasteiger partial charge in [0.2, 0.25) is 5.89 Å². The molecule has 3 aliphatic rings. The second-order valence-electron chi connectivity index (χ2n) is 10.9. The number of anilines is 1. The zero-order chi connectivity index (χ0) is 24.5. The van der Waals surface area contributed by atoms with Crippen molar-refractivity contribution in [2.75, 3.05) is 32.1 Å². The maximum absolute atomic E-state index is 14.1. The number of aryl methyl sites for hydroxylation is 1. The SMILES string of the molecule is COC1CC(Nc2cc(C3CC3)cnc2C(=O)N(CC(C)C)[C@@H]2CNC[C@H](c3noc(C)n3)C2)C1. The maximum Gasteiger partial charge on any atom is 0.274 e. The largest absolute Gasteiger partial charge is 0.381 e. The Morgan fingerprint density at radius 1 is 1.26 bits per heavy atom. The first-order chi connectivity index (χ1) is 16.9. The lowest BCUT2D eigenvalue weighted by Crippen LogP contribution is -2.52. The van der Waals surface area contributed by atoms with E-state index in [0.717, 1.165) is 38.0 Å². The fourth-order valence-corrected chi connectivity index (χ4v) is 5.26. The zero-order valence-electron chi connectivity index (χ0n) is 21.3. The summed E-state index contributed by atoms with van der Waals surface area (Å²) in [6.45, 7) is 8.30. The van der Waals surface area contributed by atoms with E-state index in [1.54, 1.807) is 14.0 Å². The van der Waals surface area contributed by atoms with Crippen LogP contribution in [0.2, 0.25) is 0 Å². The molecule has 3 fully saturated rings. The highest BCUT2D eigenvalue weighted by molar-refractivity contribution is 5.98. The molecule has 0 aromatic carbocycles. The van der Waals surface area contributed by atoms with Gasteiger partial charge in [-0.05, 0) is 55.6 Å². The number of ether oxygens (including phenoxy) is 1.